The zero-order valence-electron chi connectivity index (χ0n) is 24.8. The molecule has 0 unspecified atom stereocenters. The molecule has 3 heterocycles. The van der Waals surface area contributed by atoms with E-state index < -0.39 is 42.4 Å². The van der Waals surface area contributed by atoms with Gasteiger partial charge in [-0.05, 0) is 35.4 Å². The summed E-state index contributed by atoms with van der Waals surface area (Å²) in [5.41, 5.74) is 2.41. The molecule has 5 rings (SSSR count). The predicted molar refractivity (Wildman–Crippen MR) is 165 cm³/mol. The number of nitrogens with one attached hydrogen (secondary N) is 1. The Morgan fingerprint density at radius 3 is 2.07 bits per heavy atom. The fourth-order valence-electron chi connectivity index (χ4n) is 5.21. The number of imidazole rings is 1. The van der Waals surface area contributed by atoms with Crippen LogP contribution in [0.3, 0.4) is 0 Å². The highest BCUT2D eigenvalue weighted by atomic mass is 35.5. The minimum absolute atomic E-state index is 0.165. The maximum absolute atomic E-state index is 12.1. The molecule has 0 amide bonds. The lowest BCUT2D eigenvalue weighted by Crippen LogP contribution is -2.40. The van der Waals surface area contributed by atoms with Crippen LogP contribution in [0.2, 0.25) is 10.0 Å². The Balaban J connectivity index is 1.52. The molecule has 1 N–H and O–H groups in total. The number of halogens is 2. The molecule has 0 spiro atoms. The van der Waals surface area contributed by atoms with Gasteiger partial charge in [0.2, 0.25) is 5.82 Å². The molecule has 15 heteroatoms. The fourth-order valence-corrected chi connectivity index (χ4v) is 5.46. The largest absolute Gasteiger partial charge is 0.463 e. The molecule has 4 aromatic rings. The van der Waals surface area contributed by atoms with E-state index >= 15 is 0 Å². The summed E-state index contributed by atoms with van der Waals surface area (Å²) in [6, 6.07) is 16.9. The molecular formula is C31H28Cl2N6O7. The van der Waals surface area contributed by atoms with E-state index in [9.17, 15) is 19.6 Å². The van der Waals surface area contributed by atoms with Crippen molar-refractivity contribution in [3.63, 3.8) is 0 Å². The maximum atomic E-state index is 12.1. The first-order valence-electron chi connectivity index (χ1n) is 14.1. The Morgan fingerprint density at radius 1 is 0.935 bits per heavy atom. The van der Waals surface area contributed by atoms with Gasteiger partial charge >= 0.3 is 17.9 Å². The number of nitrogens with zero attached hydrogens (tertiary/aromatic N) is 5. The Morgan fingerprint density at radius 2 is 1.52 bits per heavy atom. The van der Waals surface area contributed by atoms with Crippen molar-refractivity contribution in [1.29, 1.82) is 5.26 Å². The maximum Gasteiger partial charge on any atom is 0.303 e. The van der Waals surface area contributed by atoms with Crippen LogP contribution in [0.1, 0.15) is 49.9 Å². The number of carbonyl (C=O) groups is 3. The Labute approximate surface area is 273 Å². The topological polar surface area (TPSA) is 168 Å². The van der Waals surface area contributed by atoms with Gasteiger partial charge in [-0.2, -0.15) is 15.2 Å². The fraction of sp³-hybridized carbons (Fsp3) is 0.323. The van der Waals surface area contributed by atoms with Gasteiger partial charge in [-0.15, -0.1) is 0 Å². The van der Waals surface area contributed by atoms with Crippen molar-refractivity contribution < 1.29 is 33.3 Å². The number of benzene rings is 2. The number of aromatic nitrogens is 4. The number of fused-ring (bicyclic) bond motifs is 1. The molecule has 1 aliphatic rings. The van der Waals surface area contributed by atoms with E-state index in [1.807, 2.05) is 30.3 Å². The summed E-state index contributed by atoms with van der Waals surface area (Å²) in [5, 5.41) is 14.3. The molecule has 4 atom stereocenters. The van der Waals surface area contributed by atoms with Crippen LogP contribution in [0.5, 0.6) is 0 Å². The molecule has 0 radical (unpaired) electrons. The monoisotopic (exact) mass is 666 g/mol. The average molecular weight is 668 g/mol. The summed E-state index contributed by atoms with van der Waals surface area (Å²) in [6.07, 6.45) is -3.02. The zero-order valence-corrected chi connectivity index (χ0v) is 26.4. The Kier molecular flexibility index (Phi) is 10.0. The van der Waals surface area contributed by atoms with Gasteiger partial charge in [-0.25, -0.2) is 4.98 Å². The molecule has 2 aromatic heterocycles. The summed E-state index contributed by atoms with van der Waals surface area (Å²) in [5.74, 6) is -1.98. The first-order valence-corrected chi connectivity index (χ1v) is 14.8. The van der Waals surface area contributed by atoms with E-state index in [1.165, 1.54) is 31.7 Å². The van der Waals surface area contributed by atoms with E-state index in [2.05, 4.69) is 20.3 Å². The molecule has 2 aromatic carbocycles. The average Bonchev–Trinajstić information content (AvgIpc) is 3.58. The van der Waals surface area contributed by atoms with Gasteiger partial charge in [0, 0.05) is 43.3 Å². The van der Waals surface area contributed by atoms with E-state index in [4.69, 9.17) is 42.1 Å². The zero-order chi connectivity index (χ0) is 33.0. The molecule has 13 nitrogen and oxygen atoms in total. The second-order valence-electron chi connectivity index (χ2n) is 10.4. The Bertz CT molecular complexity index is 1750. The predicted octanol–water partition coefficient (Wildman–Crippen LogP) is 4.57. The van der Waals surface area contributed by atoms with Crippen LogP contribution in [-0.4, -0.2) is 68.9 Å². The number of rotatable bonds is 10. The molecule has 46 heavy (non-hydrogen) atoms. The lowest BCUT2D eigenvalue weighted by Gasteiger charge is -2.23. The highest BCUT2D eigenvalue weighted by Crippen LogP contribution is 2.37. The van der Waals surface area contributed by atoms with Gasteiger partial charge in [0.15, 0.2) is 35.4 Å². The van der Waals surface area contributed by atoms with Gasteiger partial charge in [-0.3, -0.25) is 19.0 Å². The van der Waals surface area contributed by atoms with Crippen LogP contribution in [0.4, 0.5) is 5.82 Å². The lowest BCUT2D eigenvalue weighted by molar-refractivity contribution is -0.166. The van der Waals surface area contributed by atoms with Crippen molar-refractivity contribution in [2.45, 2.75) is 51.2 Å². The van der Waals surface area contributed by atoms with Crippen molar-refractivity contribution in [2.75, 3.05) is 18.5 Å². The molecular weight excluding hydrogens is 639 g/mol. The third kappa shape index (κ3) is 7.37. The number of carbonyl (C=O) groups excluding carboxylic acids is 3. The van der Waals surface area contributed by atoms with Crippen molar-refractivity contribution in [3.8, 4) is 6.07 Å². The second-order valence-corrected chi connectivity index (χ2v) is 11.3. The van der Waals surface area contributed by atoms with Gasteiger partial charge < -0.3 is 24.3 Å². The van der Waals surface area contributed by atoms with E-state index in [-0.39, 0.29) is 29.8 Å². The van der Waals surface area contributed by atoms with Gasteiger partial charge in [-0.1, -0.05) is 47.5 Å². The minimum Gasteiger partial charge on any atom is -0.463 e. The minimum atomic E-state index is -1.17. The normalized spacial score (nSPS) is 19.1. The molecule has 1 fully saturated rings. The molecule has 0 aliphatic carbocycles. The quantitative estimate of drug-likeness (QED) is 0.185. The number of hydrogen-bond acceptors (Lipinski definition) is 12. The van der Waals surface area contributed by atoms with Gasteiger partial charge in [0.05, 0.1) is 6.33 Å². The summed E-state index contributed by atoms with van der Waals surface area (Å²) < 4.78 is 23.7. The number of anilines is 1. The third-order valence-corrected chi connectivity index (χ3v) is 7.66. The smallest absolute Gasteiger partial charge is 0.303 e. The highest BCUT2D eigenvalue weighted by molar-refractivity contribution is 6.30. The van der Waals surface area contributed by atoms with Gasteiger partial charge in [0.1, 0.15) is 18.8 Å². The first-order chi connectivity index (χ1) is 22.0. The number of esters is 3. The summed E-state index contributed by atoms with van der Waals surface area (Å²) in [4.78, 5) is 48.9. The van der Waals surface area contributed by atoms with Crippen molar-refractivity contribution in [2.24, 2.45) is 0 Å². The molecule has 1 aliphatic heterocycles. The van der Waals surface area contributed by atoms with Crippen LogP contribution < -0.4 is 5.32 Å². The van der Waals surface area contributed by atoms with Crippen LogP contribution in [0.25, 0.3) is 11.2 Å². The number of ether oxygens (including phenoxy) is 4. The van der Waals surface area contributed by atoms with Crippen molar-refractivity contribution in [3.05, 3.63) is 81.9 Å². The molecule has 238 valence electrons. The summed E-state index contributed by atoms with van der Waals surface area (Å²) >= 11 is 12.3. The lowest BCUT2D eigenvalue weighted by atomic mass is 9.91. The number of nitriles is 1. The van der Waals surface area contributed by atoms with Crippen LogP contribution in [0, 0.1) is 11.3 Å². The van der Waals surface area contributed by atoms with E-state index in [0.29, 0.717) is 22.1 Å². The SMILES string of the molecule is CC(=O)OC[C@@H]1O[C@@H](n2cnc3c(NCC(c4ccc(Cl)cc4)c4ccc(Cl)cc4)nc(C#N)nc32)[C@H](OC(C)=O)[C@@H]1OC(C)=O. The van der Waals surface area contributed by atoms with Crippen LogP contribution >= 0.6 is 23.2 Å². The molecule has 0 bridgehead atoms. The molecule has 0 saturated carbocycles. The first kappa shape index (κ1) is 32.6. The van der Waals surface area contributed by atoms with Crippen molar-refractivity contribution >= 4 is 58.1 Å². The van der Waals surface area contributed by atoms with E-state index in [0.717, 1.165) is 11.1 Å². The summed E-state index contributed by atoms with van der Waals surface area (Å²) in [7, 11) is 0. The van der Waals surface area contributed by atoms with Crippen LogP contribution in [-0.2, 0) is 33.3 Å². The third-order valence-electron chi connectivity index (χ3n) is 7.15. The van der Waals surface area contributed by atoms with E-state index in [1.54, 1.807) is 24.3 Å². The highest BCUT2D eigenvalue weighted by Gasteiger charge is 2.51. The number of hydrogen-bond donors (Lipinski definition) is 1. The second kappa shape index (κ2) is 14.1. The van der Waals surface area contributed by atoms with Crippen LogP contribution in [0.15, 0.2) is 54.9 Å². The standard InChI is InChI=1S/C31H28Cl2N6O7/c1-16(40)43-14-24-27(44-17(2)41)28(45-18(3)42)31(46-24)39-15-36-26-29(37-25(12-34)38-30(26)39)35-13-23(19-4-8-21(32)9-5-19)20-6-10-22(33)11-7-20/h4-11,15,23-24,27-28,31H,13-14H2,1-3H3,(H,35,37,38)/t24-,27+,28+,31+/m0/s1. The Hall–Kier alpha value is -4.77. The van der Waals surface area contributed by atoms with Gasteiger partial charge in [0.25, 0.3) is 0 Å². The molecule has 1 saturated heterocycles. The summed E-state index contributed by atoms with van der Waals surface area (Å²) in [6.45, 7) is 3.67. The van der Waals surface area contributed by atoms with Crippen molar-refractivity contribution in [1.82, 2.24) is 19.5 Å².